The van der Waals surface area contributed by atoms with E-state index >= 15 is 0 Å². The number of rotatable bonds is 1. The van der Waals surface area contributed by atoms with E-state index in [0.29, 0.717) is 11.8 Å². The van der Waals surface area contributed by atoms with Gasteiger partial charge in [-0.2, -0.15) is 0 Å². The van der Waals surface area contributed by atoms with Gasteiger partial charge in [0.2, 0.25) is 0 Å². The van der Waals surface area contributed by atoms with Gasteiger partial charge in [-0.15, -0.1) is 0 Å². The van der Waals surface area contributed by atoms with Crippen molar-refractivity contribution >= 4 is 0 Å². The van der Waals surface area contributed by atoms with E-state index in [1.807, 2.05) is 0 Å². The number of hydrogen-bond donors (Lipinski definition) is 1. The van der Waals surface area contributed by atoms with Gasteiger partial charge in [0.25, 0.3) is 0 Å². The number of hydrogen-bond acceptors (Lipinski definition) is 1. The molecule has 0 aromatic heterocycles. The summed E-state index contributed by atoms with van der Waals surface area (Å²) in [6.07, 6.45) is 4.31. The molecule has 1 N–H and O–H groups in total. The molecule has 0 aliphatic heterocycles. The lowest BCUT2D eigenvalue weighted by Gasteiger charge is -2.34. The third-order valence-corrected chi connectivity index (χ3v) is 5.64. The molecule has 1 saturated carbocycles. The van der Waals surface area contributed by atoms with Gasteiger partial charge in [0.1, 0.15) is 0 Å². The summed E-state index contributed by atoms with van der Waals surface area (Å²) in [6.45, 7) is 2.11. The van der Waals surface area contributed by atoms with Gasteiger partial charge in [0.15, 0.2) is 0 Å². The van der Waals surface area contributed by atoms with Crippen molar-refractivity contribution in [2.24, 2.45) is 11.8 Å². The Balaban J connectivity index is 1.81. The fourth-order valence-corrected chi connectivity index (χ4v) is 4.54. The topological polar surface area (TPSA) is 20.2 Å². The fourth-order valence-electron chi connectivity index (χ4n) is 4.54. The number of benzene rings is 2. The van der Waals surface area contributed by atoms with Crippen LogP contribution in [-0.2, 0) is 18.4 Å². The molecule has 2 bridgehead atoms. The molecule has 2 aromatic carbocycles. The summed E-state index contributed by atoms with van der Waals surface area (Å²) >= 11 is 0. The third-order valence-electron chi connectivity index (χ3n) is 5.64. The van der Waals surface area contributed by atoms with Crippen molar-refractivity contribution in [3.63, 3.8) is 0 Å². The Hall–Kier alpha value is -1.60. The molecule has 4 rings (SSSR count). The first-order valence-corrected chi connectivity index (χ1v) is 8.04. The predicted octanol–water partition coefficient (Wildman–Crippen LogP) is 4.01. The first-order chi connectivity index (χ1) is 10.2. The molecule has 2 unspecified atom stereocenters. The van der Waals surface area contributed by atoms with E-state index in [0.717, 1.165) is 31.2 Å². The highest BCUT2D eigenvalue weighted by molar-refractivity contribution is 5.36. The monoisotopic (exact) mass is 278 g/mol. The van der Waals surface area contributed by atoms with E-state index in [2.05, 4.69) is 55.5 Å². The summed E-state index contributed by atoms with van der Waals surface area (Å²) in [5.74, 6) is 0.709. The lowest BCUT2D eigenvalue weighted by atomic mass is 9.76. The maximum atomic E-state index is 11.6. The molecular weight excluding hydrogens is 256 g/mol. The highest BCUT2D eigenvalue weighted by Crippen LogP contribution is 2.52. The maximum absolute atomic E-state index is 11.6. The minimum atomic E-state index is -0.648. The second kappa shape index (κ2) is 4.71. The standard InChI is InChI=1S/C20H22O/c1-14-5-4-8-17(11-14)20(21)18-9-10-19(20)13-16-7-3-2-6-15(16)12-18/h2-8,11,18-19,21H,9-10,12-13H2,1H3. The first kappa shape index (κ1) is 13.1. The Labute approximate surface area is 126 Å². The molecule has 0 radical (unpaired) electrons. The Morgan fingerprint density at radius 3 is 2.10 bits per heavy atom. The van der Waals surface area contributed by atoms with Crippen LogP contribution >= 0.6 is 0 Å². The zero-order chi connectivity index (χ0) is 14.4. The van der Waals surface area contributed by atoms with Crippen molar-refractivity contribution < 1.29 is 5.11 Å². The zero-order valence-corrected chi connectivity index (χ0v) is 12.5. The average Bonchev–Trinajstić information content (AvgIpc) is 2.71. The molecule has 21 heavy (non-hydrogen) atoms. The SMILES string of the molecule is Cc1cccc(C2(O)C3CCC2Cc2ccccc2C3)c1. The molecule has 1 fully saturated rings. The van der Waals surface area contributed by atoms with Crippen molar-refractivity contribution in [2.45, 2.75) is 38.2 Å². The third kappa shape index (κ3) is 1.95. The van der Waals surface area contributed by atoms with Crippen LogP contribution in [-0.4, -0.2) is 5.11 Å². The summed E-state index contributed by atoms with van der Waals surface area (Å²) in [5.41, 5.74) is 4.60. The normalized spacial score (nSPS) is 30.8. The van der Waals surface area contributed by atoms with Gasteiger partial charge in [-0.3, -0.25) is 0 Å². The molecule has 0 spiro atoms. The van der Waals surface area contributed by atoms with Crippen LogP contribution in [0.4, 0.5) is 0 Å². The van der Waals surface area contributed by atoms with Gasteiger partial charge in [0.05, 0.1) is 5.60 Å². The number of aliphatic hydroxyl groups is 1. The number of aryl methyl sites for hydroxylation is 1. The van der Waals surface area contributed by atoms with Gasteiger partial charge in [-0.25, -0.2) is 0 Å². The van der Waals surface area contributed by atoms with Crippen LogP contribution in [0.3, 0.4) is 0 Å². The molecule has 108 valence electrons. The summed E-state index contributed by atoms with van der Waals surface area (Å²) in [5, 5.41) is 11.6. The molecule has 2 aliphatic carbocycles. The molecule has 2 atom stereocenters. The van der Waals surface area contributed by atoms with Gasteiger partial charge in [0, 0.05) is 0 Å². The second-order valence-corrected chi connectivity index (χ2v) is 6.84. The van der Waals surface area contributed by atoms with Gasteiger partial charge < -0.3 is 5.11 Å². The van der Waals surface area contributed by atoms with Crippen LogP contribution in [0.5, 0.6) is 0 Å². The summed E-state index contributed by atoms with van der Waals surface area (Å²) in [6, 6.07) is 17.2. The predicted molar refractivity (Wildman–Crippen MR) is 85.1 cm³/mol. The van der Waals surface area contributed by atoms with Crippen molar-refractivity contribution in [3.8, 4) is 0 Å². The molecule has 0 heterocycles. The average molecular weight is 278 g/mol. The van der Waals surface area contributed by atoms with Gasteiger partial charge in [-0.1, -0.05) is 54.1 Å². The Bertz CT molecular complexity index is 640. The highest BCUT2D eigenvalue weighted by atomic mass is 16.3. The Kier molecular flexibility index (Phi) is 2.93. The Morgan fingerprint density at radius 2 is 1.52 bits per heavy atom. The molecule has 0 amide bonds. The van der Waals surface area contributed by atoms with E-state index in [1.54, 1.807) is 0 Å². The minimum Gasteiger partial charge on any atom is -0.385 e. The molecule has 2 aliphatic rings. The van der Waals surface area contributed by atoms with Crippen molar-refractivity contribution in [3.05, 3.63) is 70.8 Å². The largest absolute Gasteiger partial charge is 0.385 e. The molecule has 1 heteroatoms. The first-order valence-electron chi connectivity index (χ1n) is 8.04. The second-order valence-electron chi connectivity index (χ2n) is 6.84. The van der Waals surface area contributed by atoms with Crippen LogP contribution in [0.1, 0.15) is 35.1 Å². The summed E-state index contributed by atoms with van der Waals surface area (Å²) in [7, 11) is 0. The molecule has 1 nitrogen and oxygen atoms in total. The van der Waals surface area contributed by atoms with Gasteiger partial charge in [-0.05, 0) is 61.1 Å². The van der Waals surface area contributed by atoms with Gasteiger partial charge >= 0.3 is 0 Å². The van der Waals surface area contributed by atoms with E-state index in [1.165, 1.54) is 16.7 Å². The van der Waals surface area contributed by atoms with E-state index < -0.39 is 5.60 Å². The van der Waals surface area contributed by atoms with Crippen LogP contribution < -0.4 is 0 Å². The quantitative estimate of drug-likeness (QED) is 0.835. The lowest BCUT2D eigenvalue weighted by molar-refractivity contribution is -0.0395. The molecule has 0 saturated heterocycles. The van der Waals surface area contributed by atoms with E-state index in [-0.39, 0.29) is 0 Å². The Morgan fingerprint density at radius 1 is 0.905 bits per heavy atom. The van der Waals surface area contributed by atoms with Crippen molar-refractivity contribution in [1.29, 1.82) is 0 Å². The van der Waals surface area contributed by atoms with Crippen LogP contribution in [0.25, 0.3) is 0 Å². The number of fused-ring (bicyclic) bond motifs is 3. The maximum Gasteiger partial charge on any atom is 0.0958 e. The van der Waals surface area contributed by atoms with Crippen molar-refractivity contribution in [1.82, 2.24) is 0 Å². The van der Waals surface area contributed by atoms with Crippen molar-refractivity contribution in [2.75, 3.05) is 0 Å². The van der Waals surface area contributed by atoms with Crippen LogP contribution in [0, 0.1) is 18.8 Å². The minimum absolute atomic E-state index is 0.355. The zero-order valence-electron chi connectivity index (χ0n) is 12.5. The summed E-state index contributed by atoms with van der Waals surface area (Å²) < 4.78 is 0. The molecular formula is C20H22O. The summed E-state index contributed by atoms with van der Waals surface area (Å²) in [4.78, 5) is 0. The lowest BCUT2D eigenvalue weighted by Crippen LogP contribution is -2.37. The van der Waals surface area contributed by atoms with Crippen LogP contribution in [0.2, 0.25) is 0 Å². The smallest absolute Gasteiger partial charge is 0.0958 e. The van der Waals surface area contributed by atoms with Crippen LogP contribution in [0.15, 0.2) is 48.5 Å². The van der Waals surface area contributed by atoms with E-state index in [9.17, 15) is 5.11 Å². The highest BCUT2D eigenvalue weighted by Gasteiger charge is 2.51. The fraction of sp³-hybridized carbons (Fsp3) is 0.400. The molecule has 2 aromatic rings. The van der Waals surface area contributed by atoms with E-state index in [4.69, 9.17) is 0 Å².